The molecule has 1 saturated heterocycles. The predicted octanol–water partition coefficient (Wildman–Crippen LogP) is 2.08. The highest BCUT2D eigenvalue weighted by molar-refractivity contribution is 7.91. The van der Waals surface area contributed by atoms with Crippen molar-refractivity contribution in [3.63, 3.8) is 0 Å². The summed E-state index contributed by atoms with van der Waals surface area (Å²) in [6, 6.07) is 7.97. The lowest BCUT2D eigenvalue weighted by Crippen LogP contribution is -2.07. The molecule has 0 amide bonds. The fourth-order valence-corrected chi connectivity index (χ4v) is 4.17. The molecule has 1 aromatic heterocycles. The summed E-state index contributed by atoms with van der Waals surface area (Å²) >= 11 is 0. The molecule has 5 heteroatoms. The molecule has 100 valence electrons. The number of fused-ring (bicyclic) bond motifs is 1. The second kappa shape index (κ2) is 4.49. The molecule has 1 fully saturated rings. The summed E-state index contributed by atoms with van der Waals surface area (Å²) in [4.78, 5) is 7.76. The van der Waals surface area contributed by atoms with Crippen molar-refractivity contribution in [1.82, 2.24) is 4.98 Å². The van der Waals surface area contributed by atoms with Crippen molar-refractivity contribution < 1.29 is 8.42 Å². The fraction of sp³-hybridized carbons (Fsp3) is 0.357. The van der Waals surface area contributed by atoms with E-state index in [0.717, 1.165) is 22.2 Å². The molecule has 1 unspecified atom stereocenters. The molecule has 1 aliphatic rings. The molecule has 4 nitrogen and oxygen atoms in total. The first kappa shape index (κ1) is 12.4. The smallest absolute Gasteiger partial charge is 0.152 e. The second-order valence-corrected chi connectivity index (χ2v) is 7.27. The van der Waals surface area contributed by atoms with Crippen molar-refractivity contribution in [2.75, 3.05) is 11.5 Å². The highest BCUT2D eigenvalue weighted by Gasteiger charge is 2.26. The molecular formula is C14H16N2O2S. The summed E-state index contributed by atoms with van der Waals surface area (Å²) in [5.41, 5.74) is 3.20. The zero-order chi connectivity index (χ0) is 13.5. The Kier molecular flexibility index (Phi) is 2.93. The summed E-state index contributed by atoms with van der Waals surface area (Å²) in [5, 5.41) is 1.13. The third kappa shape index (κ3) is 2.42. The summed E-state index contributed by atoms with van der Waals surface area (Å²) in [6.45, 7) is 2.01. The number of benzene rings is 1. The number of H-pyrrole nitrogens is 1. The Bertz CT molecular complexity index is 744. The number of para-hydroxylation sites is 1. The molecule has 0 bridgehead atoms. The zero-order valence-corrected chi connectivity index (χ0v) is 11.6. The molecule has 1 atom stereocenters. The number of sulfone groups is 1. The van der Waals surface area contributed by atoms with E-state index in [1.807, 2.05) is 37.4 Å². The van der Waals surface area contributed by atoms with E-state index in [1.165, 1.54) is 0 Å². The number of nitrogens with one attached hydrogen (secondary N) is 1. The van der Waals surface area contributed by atoms with Gasteiger partial charge in [-0.3, -0.25) is 4.99 Å². The number of hydrogen-bond donors (Lipinski definition) is 1. The van der Waals surface area contributed by atoms with Gasteiger partial charge in [0.25, 0.3) is 0 Å². The third-order valence-corrected chi connectivity index (χ3v) is 5.32. The van der Waals surface area contributed by atoms with Gasteiger partial charge < -0.3 is 4.98 Å². The normalized spacial score (nSPS) is 22.5. The van der Waals surface area contributed by atoms with Crippen LogP contribution in [0.5, 0.6) is 0 Å². The van der Waals surface area contributed by atoms with Crippen LogP contribution in [0.1, 0.15) is 17.7 Å². The minimum atomic E-state index is -2.86. The van der Waals surface area contributed by atoms with Crippen LogP contribution in [-0.4, -0.2) is 37.2 Å². The van der Waals surface area contributed by atoms with Crippen molar-refractivity contribution >= 4 is 27.0 Å². The van der Waals surface area contributed by atoms with Gasteiger partial charge in [-0.2, -0.15) is 0 Å². The van der Waals surface area contributed by atoms with Crippen LogP contribution in [0.2, 0.25) is 0 Å². The van der Waals surface area contributed by atoms with Gasteiger partial charge in [-0.25, -0.2) is 8.42 Å². The summed E-state index contributed by atoms with van der Waals surface area (Å²) in [7, 11) is -2.86. The van der Waals surface area contributed by atoms with Crippen LogP contribution in [-0.2, 0) is 9.84 Å². The van der Waals surface area contributed by atoms with E-state index in [-0.39, 0.29) is 17.5 Å². The first-order valence-electron chi connectivity index (χ1n) is 6.36. The van der Waals surface area contributed by atoms with E-state index in [0.29, 0.717) is 6.42 Å². The Hall–Kier alpha value is -1.62. The topological polar surface area (TPSA) is 62.3 Å². The molecule has 0 spiro atoms. The molecule has 1 N–H and O–H groups in total. The molecule has 0 saturated carbocycles. The number of aryl methyl sites for hydroxylation is 1. The van der Waals surface area contributed by atoms with Crippen molar-refractivity contribution in [1.29, 1.82) is 0 Å². The maximum atomic E-state index is 11.4. The average Bonchev–Trinajstić information content (AvgIpc) is 2.86. The van der Waals surface area contributed by atoms with E-state index in [9.17, 15) is 8.42 Å². The predicted molar refractivity (Wildman–Crippen MR) is 77.7 cm³/mol. The first-order valence-corrected chi connectivity index (χ1v) is 8.18. The Labute approximate surface area is 112 Å². The summed E-state index contributed by atoms with van der Waals surface area (Å²) in [6.07, 6.45) is 2.46. The molecule has 1 aromatic carbocycles. The molecule has 2 heterocycles. The molecule has 0 radical (unpaired) electrons. The van der Waals surface area contributed by atoms with Gasteiger partial charge in [0.05, 0.1) is 17.5 Å². The highest BCUT2D eigenvalue weighted by Crippen LogP contribution is 2.21. The third-order valence-electron chi connectivity index (χ3n) is 3.57. The molecule has 1 aliphatic heterocycles. The van der Waals surface area contributed by atoms with Crippen LogP contribution >= 0.6 is 0 Å². The molecular weight excluding hydrogens is 260 g/mol. The largest absolute Gasteiger partial charge is 0.358 e. The standard InChI is InChI=1S/C14H16N2O2S/c1-10-13(12-4-2-3-5-14(12)16-10)8-15-11-6-7-19(17,18)9-11/h2-5,8,11,16H,6-7,9H2,1H3. The number of aliphatic imine (C=N–C) groups is 1. The highest BCUT2D eigenvalue weighted by atomic mass is 32.2. The molecule has 3 rings (SSSR count). The Morgan fingerprint density at radius 1 is 1.37 bits per heavy atom. The van der Waals surface area contributed by atoms with E-state index >= 15 is 0 Å². The Morgan fingerprint density at radius 2 is 2.16 bits per heavy atom. The van der Waals surface area contributed by atoms with Crippen molar-refractivity contribution in [3.8, 4) is 0 Å². The van der Waals surface area contributed by atoms with Crippen LogP contribution in [0.25, 0.3) is 10.9 Å². The van der Waals surface area contributed by atoms with Crippen molar-refractivity contribution in [3.05, 3.63) is 35.5 Å². The minimum absolute atomic E-state index is 0.0851. The van der Waals surface area contributed by atoms with Crippen molar-refractivity contribution in [2.45, 2.75) is 19.4 Å². The Morgan fingerprint density at radius 3 is 2.89 bits per heavy atom. The van der Waals surface area contributed by atoms with Crippen LogP contribution in [0, 0.1) is 6.92 Å². The van der Waals surface area contributed by atoms with E-state index in [1.54, 1.807) is 0 Å². The zero-order valence-electron chi connectivity index (χ0n) is 10.8. The van der Waals surface area contributed by atoms with Crippen LogP contribution in [0.3, 0.4) is 0 Å². The molecule has 0 aliphatic carbocycles. The van der Waals surface area contributed by atoms with E-state index in [4.69, 9.17) is 0 Å². The molecule has 2 aromatic rings. The lowest BCUT2D eigenvalue weighted by atomic mass is 10.1. The van der Waals surface area contributed by atoms with Gasteiger partial charge in [-0.15, -0.1) is 0 Å². The number of aromatic nitrogens is 1. The van der Waals surface area contributed by atoms with Crippen LogP contribution in [0.4, 0.5) is 0 Å². The maximum Gasteiger partial charge on any atom is 0.152 e. The lowest BCUT2D eigenvalue weighted by Gasteiger charge is -1.99. The second-order valence-electron chi connectivity index (χ2n) is 5.04. The van der Waals surface area contributed by atoms with Gasteiger partial charge in [0, 0.05) is 28.4 Å². The number of nitrogens with zero attached hydrogens (tertiary/aromatic N) is 1. The van der Waals surface area contributed by atoms with Gasteiger partial charge in [-0.1, -0.05) is 18.2 Å². The first-order chi connectivity index (χ1) is 9.05. The summed E-state index contributed by atoms with van der Waals surface area (Å²) in [5.74, 6) is 0.451. The van der Waals surface area contributed by atoms with Gasteiger partial charge in [-0.05, 0) is 19.4 Å². The van der Waals surface area contributed by atoms with Gasteiger partial charge >= 0.3 is 0 Å². The quantitative estimate of drug-likeness (QED) is 0.854. The SMILES string of the molecule is Cc1[nH]c2ccccc2c1C=NC1CCS(=O)(=O)C1. The maximum absolute atomic E-state index is 11.4. The fourth-order valence-electron chi connectivity index (χ4n) is 2.54. The Balaban J connectivity index is 1.91. The van der Waals surface area contributed by atoms with E-state index in [2.05, 4.69) is 9.98 Å². The van der Waals surface area contributed by atoms with E-state index < -0.39 is 9.84 Å². The lowest BCUT2D eigenvalue weighted by molar-refractivity contribution is 0.601. The minimum Gasteiger partial charge on any atom is -0.358 e. The number of rotatable bonds is 2. The average molecular weight is 276 g/mol. The number of aromatic amines is 1. The van der Waals surface area contributed by atoms with Gasteiger partial charge in [0.15, 0.2) is 9.84 Å². The van der Waals surface area contributed by atoms with Crippen LogP contribution < -0.4 is 0 Å². The van der Waals surface area contributed by atoms with Crippen LogP contribution in [0.15, 0.2) is 29.3 Å². The van der Waals surface area contributed by atoms with Crippen molar-refractivity contribution in [2.24, 2.45) is 4.99 Å². The van der Waals surface area contributed by atoms with Gasteiger partial charge in [0.2, 0.25) is 0 Å². The summed E-state index contributed by atoms with van der Waals surface area (Å²) < 4.78 is 22.8. The number of hydrogen-bond acceptors (Lipinski definition) is 3. The molecule has 19 heavy (non-hydrogen) atoms. The monoisotopic (exact) mass is 276 g/mol. The van der Waals surface area contributed by atoms with Gasteiger partial charge in [0.1, 0.15) is 0 Å².